The topological polar surface area (TPSA) is 39.8 Å². The summed E-state index contributed by atoms with van der Waals surface area (Å²) >= 11 is 0. The number of hydrogen-bond acceptors (Lipinski definition) is 2. The quantitative estimate of drug-likeness (QED) is 0.452. The summed E-state index contributed by atoms with van der Waals surface area (Å²) in [5.41, 5.74) is 5.95. The van der Waals surface area contributed by atoms with E-state index in [4.69, 9.17) is 4.98 Å². The van der Waals surface area contributed by atoms with Crippen LogP contribution in [0.1, 0.15) is 16.7 Å². The molecule has 0 radical (unpaired) electrons. The molecule has 0 aliphatic rings. The lowest BCUT2D eigenvalue weighted by Crippen LogP contribution is -2.23. The molecule has 2 aromatic heterocycles. The Kier molecular flexibility index (Phi) is 4.24. The summed E-state index contributed by atoms with van der Waals surface area (Å²) in [6.45, 7) is 3.26. The lowest BCUT2D eigenvalue weighted by atomic mass is 10.1. The lowest BCUT2D eigenvalue weighted by molar-refractivity contribution is 0.737. The van der Waals surface area contributed by atoms with Gasteiger partial charge in [0.2, 0.25) is 0 Å². The molecule has 4 nitrogen and oxygen atoms in total. The Balaban J connectivity index is 1.74. The standard InChI is InChI=1S/C25H21N3O/c1-18-9-5-6-12-20(18)16-28-22-14-8-7-13-21(22)23-24(28)25(29)27(17-26-23)15-19-10-3-2-4-11-19/h2-14,17H,15-16H2,1H3. The molecule has 0 unspecified atom stereocenters. The van der Waals surface area contributed by atoms with Gasteiger partial charge in [0.25, 0.3) is 5.56 Å². The van der Waals surface area contributed by atoms with Crippen molar-refractivity contribution in [2.45, 2.75) is 20.0 Å². The first kappa shape index (κ1) is 17.4. The van der Waals surface area contributed by atoms with Gasteiger partial charge in [-0.3, -0.25) is 9.36 Å². The number of rotatable bonds is 4. The summed E-state index contributed by atoms with van der Waals surface area (Å²) in [4.78, 5) is 18.2. The maximum absolute atomic E-state index is 13.5. The Hall–Kier alpha value is -3.66. The molecule has 0 saturated carbocycles. The van der Waals surface area contributed by atoms with Crippen molar-refractivity contribution < 1.29 is 0 Å². The maximum atomic E-state index is 13.5. The molecule has 0 saturated heterocycles. The van der Waals surface area contributed by atoms with E-state index in [-0.39, 0.29) is 5.56 Å². The summed E-state index contributed by atoms with van der Waals surface area (Å²) in [5, 5.41) is 1.01. The van der Waals surface area contributed by atoms with Gasteiger partial charge < -0.3 is 4.57 Å². The van der Waals surface area contributed by atoms with Crippen LogP contribution >= 0.6 is 0 Å². The molecule has 0 amide bonds. The molecule has 29 heavy (non-hydrogen) atoms. The van der Waals surface area contributed by atoms with E-state index in [9.17, 15) is 4.79 Å². The first-order valence-electron chi connectivity index (χ1n) is 9.77. The highest BCUT2D eigenvalue weighted by atomic mass is 16.1. The number of aryl methyl sites for hydroxylation is 1. The number of aromatic nitrogens is 3. The summed E-state index contributed by atoms with van der Waals surface area (Å²) in [6.07, 6.45) is 1.67. The molecular formula is C25H21N3O. The fraction of sp³-hybridized carbons (Fsp3) is 0.120. The van der Waals surface area contributed by atoms with Crippen molar-refractivity contribution >= 4 is 21.9 Å². The largest absolute Gasteiger partial charge is 0.330 e. The third-order valence-electron chi connectivity index (χ3n) is 5.52. The predicted molar refractivity (Wildman–Crippen MR) is 117 cm³/mol. The van der Waals surface area contributed by atoms with Crippen LogP contribution in [-0.2, 0) is 13.1 Å². The van der Waals surface area contributed by atoms with Gasteiger partial charge in [0, 0.05) is 11.9 Å². The van der Waals surface area contributed by atoms with Crippen LogP contribution in [0, 0.1) is 6.92 Å². The SMILES string of the molecule is Cc1ccccc1Cn1c2ccccc2c2ncn(Cc3ccccc3)c(=O)c21. The number of nitrogens with zero attached hydrogens (tertiary/aromatic N) is 3. The van der Waals surface area contributed by atoms with Crippen LogP contribution in [0.15, 0.2) is 90.0 Å². The van der Waals surface area contributed by atoms with Crippen molar-refractivity contribution in [3.8, 4) is 0 Å². The van der Waals surface area contributed by atoms with Gasteiger partial charge in [-0.25, -0.2) is 4.98 Å². The van der Waals surface area contributed by atoms with Crippen LogP contribution in [0.2, 0.25) is 0 Å². The van der Waals surface area contributed by atoms with Crippen LogP contribution in [0.3, 0.4) is 0 Å². The molecule has 0 bridgehead atoms. The second-order valence-electron chi connectivity index (χ2n) is 7.39. The second kappa shape index (κ2) is 7.06. The zero-order chi connectivity index (χ0) is 19.8. The Labute approximate surface area is 168 Å². The van der Waals surface area contributed by atoms with Gasteiger partial charge in [-0.1, -0.05) is 72.8 Å². The van der Waals surface area contributed by atoms with Gasteiger partial charge in [0.1, 0.15) is 11.0 Å². The Morgan fingerprint density at radius 1 is 0.828 bits per heavy atom. The minimum atomic E-state index is -0.0105. The minimum absolute atomic E-state index is 0.0105. The molecular weight excluding hydrogens is 358 g/mol. The Morgan fingerprint density at radius 3 is 2.38 bits per heavy atom. The highest BCUT2D eigenvalue weighted by Gasteiger charge is 2.17. The van der Waals surface area contributed by atoms with Crippen molar-refractivity contribution in [1.82, 2.24) is 14.1 Å². The van der Waals surface area contributed by atoms with E-state index < -0.39 is 0 Å². The molecule has 0 aliphatic heterocycles. The zero-order valence-corrected chi connectivity index (χ0v) is 16.2. The third-order valence-corrected chi connectivity index (χ3v) is 5.52. The number of fused-ring (bicyclic) bond motifs is 3. The second-order valence-corrected chi connectivity index (χ2v) is 7.39. The van der Waals surface area contributed by atoms with Crippen LogP contribution in [0.5, 0.6) is 0 Å². The predicted octanol–water partition coefficient (Wildman–Crippen LogP) is 4.76. The summed E-state index contributed by atoms with van der Waals surface area (Å²) in [5.74, 6) is 0. The van der Waals surface area contributed by atoms with Crippen LogP contribution in [-0.4, -0.2) is 14.1 Å². The van der Waals surface area contributed by atoms with Gasteiger partial charge in [0.15, 0.2) is 0 Å². The van der Waals surface area contributed by atoms with Crippen LogP contribution < -0.4 is 5.56 Å². The van der Waals surface area contributed by atoms with Gasteiger partial charge in [-0.15, -0.1) is 0 Å². The number of para-hydroxylation sites is 1. The molecule has 0 atom stereocenters. The fourth-order valence-electron chi connectivity index (χ4n) is 3.96. The molecule has 142 valence electrons. The molecule has 5 rings (SSSR count). The van der Waals surface area contributed by atoms with Crippen LogP contribution in [0.4, 0.5) is 0 Å². The minimum Gasteiger partial charge on any atom is -0.330 e. The van der Waals surface area contributed by atoms with Crippen molar-refractivity contribution in [1.29, 1.82) is 0 Å². The lowest BCUT2D eigenvalue weighted by Gasteiger charge is -2.11. The Bertz CT molecular complexity index is 1380. The molecule has 4 heteroatoms. The average molecular weight is 379 g/mol. The fourth-order valence-corrected chi connectivity index (χ4v) is 3.96. The summed E-state index contributed by atoms with van der Waals surface area (Å²) in [7, 11) is 0. The highest BCUT2D eigenvalue weighted by Crippen LogP contribution is 2.26. The van der Waals surface area contributed by atoms with Gasteiger partial charge in [-0.2, -0.15) is 0 Å². The highest BCUT2D eigenvalue weighted by molar-refractivity contribution is 6.05. The first-order chi connectivity index (χ1) is 14.2. The third kappa shape index (κ3) is 3.03. The van der Waals surface area contributed by atoms with Gasteiger partial charge in [0.05, 0.1) is 18.4 Å². The van der Waals surface area contributed by atoms with Crippen molar-refractivity contribution in [2.24, 2.45) is 0 Å². The molecule has 0 fully saturated rings. The summed E-state index contributed by atoms with van der Waals surface area (Å²) in [6, 6.07) is 26.4. The van der Waals surface area contributed by atoms with Crippen LogP contribution in [0.25, 0.3) is 21.9 Å². The number of benzene rings is 3. The molecule has 0 N–H and O–H groups in total. The number of hydrogen-bond donors (Lipinski definition) is 0. The van der Waals surface area contributed by atoms with Gasteiger partial charge in [-0.05, 0) is 29.7 Å². The summed E-state index contributed by atoms with van der Waals surface area (Å²) < 4.78 is 3.81. The molecule has 5 aromatic rings. The molecule has 2 heterocycles. The van der Waals surface area contributed by atoms with E-state index in [1.807, 2.05) is 60.7 Å². The zero-order valence-electron chi connectivity index (χ0n) is 16.2. The van der Waals surface area contributed by atoms with E-state index in [2.05, 4.69) is 29.7 Å². The molecule has 0 spiro atoms. The van der Waals surface area contributed by atoms with E-state index in [1.165, 1.54) is 11.1 Å². The van der Waals surface area contributed by atoms with Gasteiger partial charge >= 0.3 is 0 Å². The Morgan fingerprint density at radius 2 is 1.55 bits per heavy atom. The average Bonchev–Trinajstić information content (AvgIpc) is 3.07. The van der Waals surface area contributed by atoms with E-state index in [1.54, 1.807) is 10.9 Å². The van der Waals surface area contributed by atoms with E-state index in [0.717, 1.165) is 22.0 Å². The first-order valence-corrected chi connectivity index (χ1v) is 9.77. The monoisotopic (exact) mass is 379 g/mol. The molecule has 3 aromatic carbocycles. The van der Waals surface area contributed by atoms with Crippen molar-refractivity contribution in [3.63, 3.8) is 0 Å². The van der Waals surface area contributed by atoms with Crippen molar-refractivity contribution in [3.05, 3.63) is 112 Å². The van der Waals surface area contributed by atoms with Crippen molar-refractivity contribution in [2.75, 3.05) is 0 Å². The molecule has 0 aliphatic carbocycles. The van der Waals surface area contributed by atoms with E-state index in [0.29, 0.717) is 18.6 Å². The van der Waals surface area contributed by atoms with E-state index >= 15 is 0 Å². The normalized spacial score (nSPS) is 11.3. The maximum Gasteiger partial charge on any atom is 0.278 e. The smallest absolute Gasteiger partial charge is 0.278 e.